The fraction of sp³-hybridized carbons (Fsp3) is 0.636. The van der Waals surface area contributed by atoms with Gasteiger partial charge in [0.25, 0.3) is 0 Å². The zero-order chi connectivity index (χ0) is 12.7. The molecule has 1 aromatic rings. The van der Waals surface area contributed by atoms with E-state index in [1.165, 1.54) is 0 Å². The summed E-state index contributed by atoms with van der Waals surface area (Å²) in [6, 6.07) is 0.322. The minimum Gasteiger partial charge on any atom is -0.477 e. The van der Waals surface area contributed by atoms with E-state index in [9.17, 15) is 4.79 Å². The van der Waals surface area contributed by atoms with Crippen molar-refractivity contribution in [1.29, 1.82) is 0 Å². The lowest BCUT2D eigenvalue weighted by Gasteiger charge is -2.37. The largest absolute Gasteiger partial charge is 0.477 e. The number of thiazole rings is 1. The van der Waals surface area contributed by atoms with Crippen molar-refractivity contribution in [2.75, 3.05) is 18.1 Å². The third-order valence-electron chi connectivity index (χ3n) is 3.50. The summed E-state index contributed by atoms with van der Waals surface area (Å²) in [4.78, 5) is 17.5. The second-order valence-electron chi connectivity index (χ2n) is 4.52. The molecule has 2 fully saturated rings. The van der Waals surface area contributed by atoms with E-state index < -0.39 is 5.97 Å². The van der Waals surface area contributed by atoms with Crippen LogP contribution in [0, 0.1) is 0 Å². The molecule has 3 rings (SSSR count). The lowest BCUT2D eigenvalue weighted by molar-refractivity contribution is 0.0256. The van der Waals surface area contributed by atoms with Crippen LogP contribution in [-0.2, 0) is 4.74 Å². The Kier molecular flexibility index (Phi) is 3.17. The van der Waals surface area contributed by atoms with E-state index in [0.29, 0.717) is 17.8 Å². The number of hydrogen-bond acceptors (Lipinski definition) is 5. The fourth-order valence-corrected chi connectivity index (χ4v) is 3.92. The van der Waals surface area contributed by atoms with Gasteiger partial charge in [-0.15, -0.1) is 0 Å². The molecule has 5 nitrogen and oxygen atoms in total. The molecule has 2 heterocycles. The summed E-state index contributed by atoms with van der Waals surface area (Å²) >= 11 is 7.01. The Morgan fingerprint density at radius 1 is 1.56 bits per heavy atom. The number of nitrogens with zero attached hydrogens (tertiary/aromatic N) is 2. The van der Waals surface area contributed by atoms with E-state index in [1.54, 1.807) is 0 Å². The smallest absolute Gasteiger partial charge is 0.349 e. The van der Waals surface area contributed by atoms with Crippen molar-refractivity contribution in [2.45, 2.75) is 31.4 Å². The lowest BCUT2D eigenvalue weighted by atomic mass is 10.1. The van der Waals surface area contributed by atoms with Crippen molar-refractivity contribution in [1.82, 2.24) is 4.98 Å². The van der Waals surface area contributed by atoms with E-state index in [2.05, 4.69) is 9.88 Å². The monoisotopic (exact) mass is 288 g/mol. The molecule has 1 aromatic heterocycles. The summed E-state index contributed by atoms with van der Waals surface area (Å²) in [5, 5.41) is 9.80. The van der Waals surface area contributed by atoms with Gasteiger partial charge >= 0.3 is 5.97 Å². The maximum atomic E-state index is 11.0. The summed E-state index contributed by atoms with van der Waals surface area (Å²) in [6.45, 7) is 1.42. The Morgan fingerprint density at radius 2 is 2.39 bits per heavy atom. The molecule has 0 bridgehead atoms. The van der Waals surface area contributed by atoms with Crippen molar-refractivity contribution in [2.24, 2.45) is 0 Å². The predicted molar refractivity (Wildman–Crippen MR) is 68.8 cm³/mol. The molecular weight excluding hydrogens is 276 g/mol. The normalized spacial score (nSPS) is 27.3. The molecule has 0 aromatic carbocycles. The zero-order valence-corrected chi connectivity index (χ0v) is 11.2. The molecule has 2 aliphatic rings. The number of ether oxygens (including phenoxy) is 1. The Bertz CT molecular complexity index is 479. The molecule has 0 spiro atoms. The maximum Gasteiger partial charge on any atom is 0.349 e. The van der Waals surface area contributed by atoms with E-state index in [1.807, 2.05) is 0 Å². The average molecular weight is 289 g/mol. The number of carboxylic acids is 1. The Labute approximate surface area is 113 Å². The van der Waals surface area contributed by atoms with Crippen LogP contribution in [0.2, 0.25) is 5.15 Å². The number of rotatable bonds is 2. The number of aromatic carboxylic acids is 1. The van der Waals surface area contributed by atoms with Gasteiger partial charge in [-0.25, -0.2) is 9.78 Å². The SMILES string of the molecule is O=C(O)c1sc(N2CCOC3CCCC32)nc1Cl. The van der Waals surface area contributed by atoms with Crippen LogP contribution in [-0.4, -0.2) is 41.4 Å². The van der Waals surface area contributed by atoms with Gasteiger partial charge < -0.3 is 14.7 Å². The van der Waals surface area contributed by atoms with Crippen LogP contribution in [0.3, 0.4) is 0 Å². The van der Waals surface area contributed by atoms with Gasteiger partial charge in [0.1, 0.15) is 0 Å². The molecule has 0 amide bonds. The molecule has 1 saturated carbocycles. The van der Waals surface area contributed by atoms with Gasteiger partial charge in [0.05, 0.1) is 18.8 Å². The first kappa shape index (κ1) is 12.2. The predicted octanol–water partition coefficient (Wildman–Crippen LogP) is 2.25. The van der Waals surface area contributed by atoms with Crippen molar-refractivity contribution in [3.8, 4) is 0 Å². The number of anilines is 1. The highest BCUT2D eigenvalue weighted by atomic mass is 35.5. The highest BCUT2D eigenvalue weighted by Gasteiger charge is 2.37. The highest BCUT2D eigenvalue weighted by Crippen LogP contribution is 2.37. The van der Waals surface area contributed by atoms with Crippen LogP contribution in [0.25, 0.3) is 0 Å². The van der Waals surface area contributed by atoms with E-state index in [-0.39, 0.29) is 16.1 Å². The summed E-state index contributed by atoms with van der Waals surface area (Å²) in [7, 11) is 0. The third kappa shape index (κ3) is 1.98. The van der Waals surface area contributed by atoms with Gasteiger partial charge in [-0.3, -0.25) is 0 Å². The standard InChI is InChI=1S/C11H13ClN2O3S/c12-9-8(10(15)16)18-11(13-9)14-4-5-17-7-3-1-2-6(7)14/h6-7H,1-5H2,(H,15,16). The highest BCUT2D eigenvalue weighted by molar-refractivity contribution is 7.18. The first-order valence-corrected chi connectivity index (χ1v) is 7.14. The van der Waals surface area contributed by atoms with Crippen LogP contribution in [0.4, 0.5) is 5.13 Å². The molecule has 1 aliphatic carbocycles. The second-order valence-corrected chi connectivity index (χ2v) is 5.86. The first-order valence-electron chi connectivity index (χ1n) is 5.94. The molecule has 1 aliphatic heterocycles. The van der Waals surface area contributed by atoms with Crippen LogP contribution < -0.4 is 4.90 Å². The number of fused-ring (bicyclic) bond motifs is 1. The van der Waals surface area contributed by atoms with Crippen LogP contribution in [0.1, 0.15) is 28.9 Å². The van der Waals surface area contributed by atoms with Gasteiger partial charge in [-0.05, 0) is 19.3 Å². The van der Waals surface area contributed by atoms with Crippen molar-refractivity contribution in [3.63, 3.8) is 0 Å². The Hall–Kier alpha value is -0.850. The number of carbonyl (C=O) groups is 1. The van der Waals surface area contributed by atoms with E-state index >= 15 is 0 Å². The average Bonchev–Trinajstić information content (AvgIpc) is 2.94. The molecule has 0 radical (unpaired) electrons. The molecule has 2 atom stereocenters. The molecular formula is C11H13ClN2O3S. The summed E-state index contributed by atoms with van der Waals surface area (Å²) in [5.41, 5.74) is 0. The second kappa shape index (κ2) is 4.68. The molecule has 98 valence electrons. The molecule has 18 heavy (non-hydrogen) atoms. The van der Waals surface area contributed by atoms with Crippen molar-refractivity contribution < 1.29 is 14.6 Å². The fourth-order valence-electron chi connectivity index (χ4n) is 2.71. The van der Waals surface area contributed by atoms with Crippen LogP contribution in [0.5, 0.6) is 0 Å². The molecule has 7 heteroatoms. The van der Waals surface area contributed by atoms with E-state index in [4.69, 9.17) is 21.4 Å². The van der Waals surface area contributed by atoms with Crippen LogP contribution >= 0.6 is 22.9 Å². The summed E-state index contributed by atoms with van der Waals surface area (Å²) < 4.78 is 5.72. The van der Waals surface area contributed by atoms with Crippen molar-refractivity contribution >= 4 is 34.0 Å². The minimum atomic E-state index is -1.01. The van der Waals surface area contributed by atoms with Crippen molar-refractivity contribution in [3.05, 3.63) is 10.0 Å². The molecule has 1 N–H and O–H groups in total. The van der Waals surface area contributed by atoms with Gasteiger partial charge in [0.15, 0.2) is 15.2 Å². The number of carboxylic acid groups (broad SMARTS) is 1. The Balaban J connectivity index is 1.89. The number of morpholine rings is 1. The van der Waals surface area contributed by atoms with Gasteiger partial charge in [-0.1, -0.05) is 22.9 Å². The first-order chi connectivity index (χ1) is 8.66. The minimum absolute atomic E-state index is 0.0866. The van der Waals surface area contributed by atoms with E-state index in [0.717, 1.165) is 37.1 Å². The molecule has 1 saturated heterocycles. The topological polar surface area (TPSA) is 62.7 Å². The third-order valence-corrected chi connectivity index (χ3v) is 4.96. The number of aromatic nitrogens is 1. The van der Waals surface area contributed by atoms with Crippen LogP contribution in [0.15, 0.2) is 0 Å². The Morgan fingerprint density at radius 3 is 3.11 bits per heavy atom. The number of hydrogen-bond donors (Lipinski definition) is 1. The maximum absolute atomic E-state index is 11.0. The lowest BCUT2D eigenvalue weighted by Crippen LogP contribution is -2.48. The quantitative estimate of drug-likeness (QED) is 0.904. The molecule has 2 unspecified atom stereocenters. The van der Waals surface area contributed by atoms with Gasteiger partial charge in [-0.2, -0.15) is 0 Å². The number of halogens is 1. The zero-order valence-electron chi connectivity index (χ0n) is 9.63. The van der Waals surface area contributed by atoms with Gasteiger partial charge in [0, 0.05) is 6.54 Å². The summed E-state index contributed by atoms with van der Waals surface area (Å²) in [5.74, 6) is -1.01. The van der Waals surface area contributed by atoms with Gasteiger partial charge in [0.2, 0.25) is 0 Å². The summed E-state index contributed by atoms with van der Waals surface area (Å²) in [6.07, 6.45) is 3.56.